The summed E-state index contributed by atoms with van der Waals surface area (Å²) in [5, 5.41) is 0. The van der Waals surface area contributed by atoms with Crippen LogP contribution in [-0.2, 0) is 19.6 Å². The molecule has 0 saturated carbocycles. The maximum absolute atomic E-state index is 12.8. The van der Waals surface area contributed by atoms with Crippen molar-refractivity contribution in [1.29, 1.82) is 0 Å². The van der Waals surface area contributed by atoms with Crippen molar-refractivity contribution >= 4 is 21.8 Å². The summed E-state index contributed by atoms with van der Waals surface area (Å²) in [6.45, 7) is 7.52. The first-order valence-electron chi connectivity index (χ1n) is 9.35. The first-order valence-corrected chi connectivity index (χ1v) is 10.8. The molecule has 27 heavy (non-hydrogen) atoms. The van der Waals surface area contributed by atoms with Crippen molar-refractivity contribution in [3.8, 4) is 0 Å². The van der Waals surface area contributed by atoms with Crippen molar-refractivity contribution in [2.45, 2.75) is 38.1 Å². The van der Waals surface area contributed by atoms with Gasteiger partial charge in [-0.1, -0.05) is 17.7 Å². The number of amides is 2. The summed E-state index contributed by atoms with van der Waals surface area (Å²) in [5.74, 6) is -0.344. The first-order chi connectivity index (χ1) is 12.7. The molecule has 2 saturated heterocycles. The number of benzene rings is 1. The SMILES string of the molecule is Cc1ccc(S(=O)(=O)N2CCN(C(=O)C3CC(=O)N(C(C)C)C3)CC2)cc1. The van der Waals surface area contributed by atoms with E-state index >= 15 is 0 Å². The quantitative estimate of drug-likeness (QED) is 0.767. The molecule has 0 bridgehead atoms. The molecular weight excluding hydrogens is 366 g/mol. The Kier molecular flexibility index (Phi) is 5.58. The number of hydrogen-bond donors (Lipinski definition) is 0. The van der Waals surface area contributed by atoms with Crippen LogP contribution < -0.4 is 0 Å². The molecule has 2 amide bonds. The van der Waals surface area contributed by atoms with Gasteiger partial charge >= 0.3 is 0 Å². The molecule has 2 aliphatic rings. The lowest BCUT2D eigenvalue weighted by Crippen LogP contribution is -2.52. The lowest BCUT2D eigenvalue weighted by molar-refractivity contribution is -0.137. The van der Waals surface area contributed by atoms with Crippen molar-refractivity contribution in [2.75, 3.05) is 32.7 Å². The van der Waals surface area contributed by atoms with Crippen LogP contribution in [0.25, 0.3) is 0 Å². The Hall–Kier alpha value is -1.93. The average Bonchev–Trinajstić information content (AvgIpc) is 3.03. The van der Waals surface area contributed by atoms with Gasteiger partial charge in [0.05, 0.1) is 10.8 Å². The Labute approximate surface area is 161 Å². The predicted molar refractivity (Wildman–Crippen MR) is 101 cm³/mol. The zero-order valence-electron chi connectivity index (χ0n) is 16.1. The molecule has 0 spiro atoms. The van der Waals surface area contributed by atoms with Crippen LogP contribution >= 0.6 is 0 Å². The molecule has 7 nitrogen and oxygen atoms in total. The van der Waals surface area contributed by atoms with Gasteiger partial charge in [-0.2, -0.15) is 4.31 Å². The lowest BCUT2D eigenvalue weighted by Gasteiger charge is -2.35. The third-order valence-electron chi connectivity index (χ3n) is 5.34. The highest BCUT2D eigenvalue weighted by Gasteiger charge is 2.39. The molecule has 0 aromatic heterocycles. The minimum absolute atomic E-state index is 0.0175. The second-order valence-corrected chi connectivity index (χ2v) is 9.52. The molecule has 2 fully saturated rings. The van der Waals surface area contributed by atoms with Crippen LogP contribution in [0.15, 0.2) is 29.2 Å². The largest absolute Gasteiger partial charge is 0.340 e. The van der Waals surface area contributed by atoms with Crippen LogP contribution in [-0.4, -0.2) is 73.1 Å². The third kappa shape index (κ3) is 4.01. The van der Waals surface area contributed by atoms with Gasteiger partial charge in [-0.3, -0.25) is 9.59 Å². The van der Waals surface area contributed by atoms with Crippen molar-refractivity contribution in [3.05, 3.63) is 29.8 Å². The second-order valence-electron chi connectivity index (χ2n) is 7.58. The Morgan fingerprint density at radius 2 is 1.67 bits per heavy atom. The number of rotatable bonds is 4. The van der Waals surface area contributed by atoms with Crippen molar-refractivity contribution in [1.82, 2.24) is 14.1 Å². The summed E-state index contributed by atoms with van der Waals surface area (Å²) in [6.07, 6.45) is 0.249. The molecule has 3 rings (SSSR count). The van der Waals surface area contributed by atoms with E-state index in [2.05, 4.69) is 0 Å². The van der Waals surface area contributed by atoms with Crippen LogP contribution in [0.2, 0.25) is 0 Å². The van der Waals surface area contributed by atoms with Gasteiger partial charge in [0.15, 0.2) is 0 Å². The molecule has 0 N–H and O–H groups in total. The van der Waals surface area contributed by atoms with Crippen LogP contribution in [0, 0.1) is 12.8 Å². The van der Waals surface area contributed by atoms with E-state index in [1.165, 1.54) is 4.31 Å². The molecule has 1 aromatic rings. The molecule has 0 radical (unpaired) electrons. The zero-order valence-corrected chi connectivity index (χ0v) is 16.9. The molecular formula is C19H27N3O4S. The Morgan fingerprint density at radius 3 is 2.19 bits per heavy atom. The number of sulfonamides is 1. The van der Waals surface area contributed by atoms with Crippen molar-refractivity contribution < 1.29 is 18.0 Å². The van der Waals surface area contributed by atoms with Crippen LogP contribution in [0.1, 0.15) is 25.8 Å². The van der Waals surface area contributed by atoms with E-state index in [1.807, 2.05) is 20.8 Å². The highest BCUT2D eigenvalue weighted by molar-refractivity contribution is 7.89. The number of carbonyl (C=O) groups is 2. The second kappa shape index (κ2) is 7.59. The van der Waals surface area contributed by atoms with E-state index in [0.29, 0.717) is 19.6 Å². The molecule has 148 valence electrons. The molecule has 8 heteroatoms. The zero-order chi connectivity index (χ0) is 19.8. The predicted octanol–water partition coefficient (Wildman–Crippen LogP) is 1.08. The summed E-state index contributed by atoms with van der Waals surface area (Å²) in [6, 6.07) is 6.89. The van der Waals surface area contributed by atoms with Crippen LogP contribution in [0.3, 0.4) is 0 Å². The maximum Gasteiger partial charge on any atom is 0.243 e. The highest BCUT2D eigenvalue weighted by Crippen LogP contribution is 2.24. The Bertz CT molecular complexity index is 812. The fourth-order valence-electron chi connectivity index (χ4n) is 3.66. The van der Waals surface area contributed by atoms with E-state index in [-0.39, 0.29) is 48.2 Å². The fraction of sp³-hybridized carbons (Fsp3) is 0.579. The first kappa shape index (κ1) is 19.8. The smallest absolute Gasteiger partial charge is 0.243 e. The number of nitrogens with zero attached hydrogens (tertiary/aromatic N) is 3. The summed E-state index contributed by atoms with van der Waals surface area (Å²) in [5.41, 5.74) is 1.01. The molecule has 2 aliphatic heterocycles. The van der Waals surface area contributed by atoms with Gasteiger partial charge in [0.25, 0.3) is 0 Å². The van der Waals surface area contributed by atoms with E-state index in [1.54, 1.807) is 34.1 Å². The van der Waals surface area contributed by atoms with E-state index < -0.39 is 10.0 Å². The normalized spacial score (nSPS) is 21.9. The summed E-state index contributed by atoms with van der Waals surface area (Å²) < 4.78 is 27.0. The molecule has 2 heterocycles. The number of hydrogen-bond acceptors (Lipinski definition) is 4. The maximum atomic E-state index is 12.8. The summed E-state index contributed by atoms with van der Waals surface area (Å²) >= 11 is 0. The Balaban J connectivity index is 1.61. The van der Waals surface area contributed by atoms with Crippen LogP contribution in [0.4, 0.5) is 0 Å². The average molecular weight is 394 g/mol. The monoisotopic (exact) mass is 393 g/mol. The van der Waals surface area contributed by atoms with Gasteiger partial charge in [0.2, 0.25) is 21.8 Å². The highest BCUT2D eigenvalue weighted by atomic mass is 32.2. The molecule has 1 atom stereocenters. The third-order valence-corrected chi connectivity index (χ3v) is 7.25. The topological polar surface area (TPSA) is 78.0 Å². The summed E-state index contributed by atoms with van der Waals surface area (Å²) in [7, 11) is -3.54. The number of carbonyl (C=O) groups excluding carboxylic acids is 2. The minimum Gasteiger partial charge on any atom is -0.340 e. The van der Waals surface area contributed by atoms with Gasteiger partial charge in [0, 0.05) is 45.2 Å². The Morgan fingerprint density at radius 1 is 1.07 bits per heavy atom. The molecule has 0 aliphatic carbocycles. The molecule has 1 unspecified atom stereocenters. The van der Waals surface area contributed by atoms with E-state index in [9.17, 15) is 18.0 Å². The van der Waals surface area contributed by atoms with E-state index in [4.69, 9.17) is 0 Å². The number of likely N-dealkylation sites (tertiary alicyclic amines) is 1. The van der Waals surface area contributed by atoms with Gasteiger partial charge in [-0.25, -0.2) is 8.42 Å². The van der Waals surface area contributed by atoms with Crippen molar-refractivity contribution in [2.24, 2.45) is 5.92 Å². The van der Waals surface area contributed by atoms with E-state index in [0.717, 1.165) is 5.56 Å². The van der Waals surface area contributed by atoms with Gasteiger partial charge < -0.3 is 9.80 Å². The minimum atomic E-state index is -3.54. The molecule has 1 aromatic carbocycles. The van der Waals surface area contributed by atoms with Crippen LogP contribution in [0.5, 0.6) is 0 Å². The van der Waals surface area contributed by atoms with Gasteiger partial charge in [0.1, 0.15) is 0 Å². The standard InChI is InChI=1S/C19H27N3O4S/c1-14(2)22-13-16(12-18(22)23)19(24)20-8-10-21(11-9-20)27(25,26)17-6-4-15(3)5-7-17/h4-7,14,16H,8-13H2,1-3H3. The number of aryl methyl sites for hydroxylation is 1. The van der Waals surface area contributed by atoms with Crippen molar-refractivity contribution in [3.63, 3.8) is 0 Å². The lowest BCUT2D eigenvalue weighted by atomic mass is 10.1. The summed E-state index contributed by atoms with van der Waals surface area (Å²) in [4.78, 5) is 28.5. The van der Waals surface area contributed by atoms with Gasteiger partial charge in [-0.05, 0) is 32.9 Å². The van der Waals surface area contributed by atoms with Gasteiger partial charge in [-0.15, -0.1) is 0 Å². The fourth-order valence-corrected chi connectivity index (χ4v) is 5.08. The number of piperazine rings is 1.